The van der Waals surface area contributed by atoms with Crippen LogP contribution in [0.1, 0.15) is 17.8 Å². The summed E-state index contributed by atoms with van der Waals surface area (Å²) in [6, 6.07) is -0.161. The van der Waals surface area contributed by atoms with Gasteiger partial charge in [-0.2, -0.15) is 18.2 Å². The van der Waals surface area contributed by atoms with E-state index >= 15 is 0 Å². The summed E-state index contributed by atoms with van der Waals surface area (Å²) in [7, 11) is 0. The minimum atomic E-state index is -4.31. The Labute approximate surface area is 107 Å². The van der Waals surface area contributed by atoms with E-state index in [4.69, 9.17) is 9.26 Å². The summed E-state index contributed by atoms with van der Waals surface area (Å²) < 4.78 is 50.2. The van der Waals surface area contributed by atoms with Gasteiger partial charge in [0.2, 0.25) is 5.89 Å². The van der Waals surface area contributed by atoms with Gasteiger partial charge in [0.05, 0.1) is 19.8 Å². The van der Waals surface area contributed by atoms with Crippen LogP contribution >= 0.6 is 0 Å². The van der Waals surface area contributed by atoms with Gasteiger partial charge < -0.3 is 19.3 Å². The third-order valence-electron chi connectivity index (χ3n) is 2.44. The highest BCUT2D eigenvalue weighted by Crippen LogP contribution is 2.15. The van der Waals surface area contributed by atoms with Crippen molar-refractivity contribution in [2.75, 3.05) is 33.0 Å². The monoisotopic (exact) mass is 281 g/mol. The number of halogens is 3. The van der Waals surface area contributed by atoms with Crippen molar-refractivity contribution in [2.24, 2.45) is 0 Å². The summed E-state index contributed by atoms with van der Waals surface area (Å²) in [5.41, 5.74) is 0. The van der Waals surface area contributed by atoms with Crippen molar-refractivity contribution in [2.45, 2.75) is 18.6 Å². The van der Waals surface area contributed by atoms with Gasteiger partial charge in [-0.05, 0) is 0 Å². The summed E-state index contributed by atoms with van der Waals surface area (Å²) >= 11 is 0. The SMILES string of the molecule is FC(F)(F)COCCc1noc(C2COCCN2)n1. The molecule has 1 unspecified atom stereocenters. The number of morpholine rings is 1. The predicted octanol–water partition coefficient (Wildman–Crippen LogP) is 0.852. The maximum Gasteiger partial charge on any atom is 0.411 e. The van der Waals surface area contributed by atoms with E-state index < -0.39 is 12.8 Å². The van der Waals surface area contributed by atoms with Crippen molar-refractivity contribution in [1.29, 1.82) is 0 Å². The lowest BCUT2D eigenvalue weighted by Crippen LogP contribution is -2.34. The Kier molecular flexibility index (Phi) is 4.72. The molecule has 1 N–H and O–H groups in total. The van der Waals surface area contributed by atoms with Gasteiger partial charge in [0.15, 0.2) is 5.82 Å². The van der Waals surface area contributed by atoms with E-state index in [0.717, 1.165) is 0 Å². The highest BCUT2D eigenvalue weighted by atomic mass is 19.4. The Bertz CT molecular complexity index is 391. The zero-order valence-electron chi connectivity index (χ0n) is 10.1. The van der Waals surface area contributed by atoms with Crippen LogP contribution in [0, 0.1) is 0 Å². The molecule has 0 aromatic carbocycles. The standard InChI is InChI=1S/C10H14F3N3O3/c11-10(12,13)6-18-3-1-8-15-9(19-16-8)7-5-17-4-2-14-7/h7,14H,1-6H2. The molecule has 1 aromatic rings. The number of alkyl halides is 3. The summed E-state index contributed by atoms with van der Waals surface area (Å²) in [5, 5.41) is 6.82. The van der Waals surface area contributed by atoms with E-state index in [1.54, 1.807) is 0 Å². The van der Waals surface area contributed by atoms with Crippen molar-refractivity contribution in [3.63, 3.8) is 0 Å². The second kappa shape index (κ2) is 6.31. The molecule has 1 atom stereocenters. The third-order valence-corrected chi connectivity index (χ3v) is 2.44. The van der Waals surface area contributed by atoms with Gasteiger partial charge in [0, 0.05) is 13.0 Å². The van der Waals surface area contributed by atoms with Crippen molar-refractivity contribution in [1.82, 2.24) is 15.5 Å². The maximum atomic E-state index is 11.8. The second-order valence-corrected chi connectivity index (χ2v) is 4.05. The summed E-state index contributed by atoms with van der Waals surface area (Å²) in [6.07, 6.45) is -4.14. The van der Waals surface area contributed by atoms with Crippen LogP contribution in [0.3, 0.4) is 0 Å². The lowest BCUT2D eigenvalue weighted by molar-refractivity contribution is -0.173. The molecule has 19 heavy (non-hydrogen) atoms. The normalized spacial score (nSPS) is 20.7. The molecule has 2 rings (SSSR count). The topological polar surface area (TPSA) is 69.4 Å². The third kappa shape index (κ3) is 4.77. The van der Waals surface area contributed by atoms with Crippen LogP contribution < -0.4 is 5.32 Å². The molecule has 0 radical (unpaired) electrons. The molecule has 0 spiro atoms. The van der Waals surface area contributed by atoms with Crippen LogP contribution in [0.4, 0.5) is 13.2 Å². The number of hydrogen-bond acceptors (Lipinski definition) is 6. The highest BCUT2D eigenvalue weighted by Gasteiger charge is 2.27. The van der Waals surface area contributed by atoms with Crippen LogP contribution in [0.5, 0.6) is 0 Å². The molecule has 0 saturated carbocycles. The number of rotatable bonds is 5. The van der Waals surface area contributed by atoms with Gasteiger partial charge in [0.1, 0.15) is 12.6 Å². The number of nitrogens with one attached hydrogen (secondary N) is 1. The van der Waals surface area contributed by atoms with Gasteiger partial charge >= 0.3 is 6.18 Å². The smallest absolute Gasteiger partial charge is 0.378 e. The Morgan fingerprint density at radius 3 is 2.95 bits per heavy atom. The molecule has 9 heteroatoms. The van der Waals surface area contributed by atoms with Crippen LogP contribution in [0.15, 0.2) is 4.52 Å². The van der Waals surface area contributed by atoms with E-state index in [0.29, 0.717) is 31.5 Å². The minimum Gasteiger partial charge on any atom is -0.378 e. The molecule has 1 saturated heterocycles. The van der Waals surface area contributed by atoms with Crippen LogP contribution in [-0.2, 0) is 15.9 Å². The van der Waals surface area contributed by atoms with E-state index in [1.807, 2.05) is 0 Å². The summed E-state index contributed by atoms with van der Waals surface area (Å²) in [5.74, 6) is 0.704. The average molecular weight is 281 g/mol. The van der Waals surface area contributed by atoms with Crippen molar-refractivity contribution >= 4 is 0 Å². The first-order valence-corrected chi connectivity index (χ1v) is 5.83. The quantitative estimate of drug-likeness (QED) is 0.807. The number of ether oxygens (including phenoxy) is 2. The van der Waals surface area contributed by atoms with Crippen molar-refractivity contribution in [3.8, 4) is 0 Å². The van der Waals surface area contributed by atoms with E-state index in [9.17, 15) is 13.2 Å². The molecule has 1 aromatic heterocycles. The first-order chi connectivity index (χ1) is 9.04. The van der Waals surface area contributed by atoms with E-state index in [2.05, 4.69) is 20.2 Å². The Morgan fingerprint density at radius 2 is 2.26 bits per heavy atom. The van der Waals surface area contributed by atoms with Crippen LogP contribution in [-0.4, -0.2) is 49.3 Å². The number of hydrogen-bond donors (Lipinski definition) is 1. The molecule has 0 amide bonds. The minimum absolute atomic E-state index is 0.104. The molecule has 2 heterocycles. The fourth-order valence-corrected chi connectivity index (χ4v) is 1.59. The molecule has 108 valence electrons. The van der Waals surface area contributed by atoms with Gasteiger partial charge in [-0.1, -0.05) is 5.16 Å². The molecular weight excluding hydrogens is 267 g/mol. The largest absolute Gasteiger partial charge is 0.411 e. The van der Waals surface area contributed by atoms with Crippen LogP contribution in [0.2, 0.25) is 0 Å². The van der Waals surface area contributed by atoms with Gasteiger partial charge in [-0.25, -0.2) is 0 Å². The zero-order chi connectivity index (χ0) is 13.7. The lowest BCUT2D eigenvalue weighted by Gasteiger charge is -2.20. The Hall–Kier alpha value is -1.19. The maximum absolute atomic E-state index is 11.8. The molecule has 6 nitrogen and oxygen atoms in total. The first-order valence-electron chi connectivity index (χ1n) is 5.83. The predicted molar refractivity (Wildman–Crippen MR) is 56.4 cm³/mol. The first kappa shape index (κ1) is 14.2. The second-order valence-electron chi connectivity index (χ2n) is 4.05. The van der Waals surface area contributed by atoms with Crippen LogP contribution in [0.25, 0.3) is 0 Å². The Balaban J connectivity index is 1.74. The summed E-state index contributed by atoms with van der Waals surface area (Å²) in [4.78, 5) is 4.09. The lowest BCUT2D eigenvalue weighted by atomic mass is 10.3. The van der Waals surface area contributed by atoms with Crippen molar-refractivity contribution in [3.05, 3.63) is 11.7 Å². The van der Waals surface area contributed by atoms with Crippen molar-refractivity contribution < 1.29 is 27.2 Å². The fraction of sp³-hybridized carbons (Fsp3) is 0.800. The van der Waals surface area contributed by atoms with Gasteiger partial charge in [-0.15, -0.1) is 0 Å². The van der Waals surface area contributed by atoms with E-state index in [1.165, 1.54) is 0 Å². The van der Waals surface area contributed by atoms with Gasteiger partial charge in [0.25, 0.3) is 0 Å². The molecule has 0 bridgehead atoms. The van der Waals surface area contributed by atoms with Gasteiger partial charge in [-0.3, -0.25) is 0 Å². The number of aromatic nitrogens is 2. The molecule has 1 aliphatic heterocycles. The average Bonchev–Trinajstić information content (AvgIpc) is 2.83. The molecule has 0 aliphatic carbocycles. The van der Waals surface area contributed by atoms with E-state index in [-0.39, 0.29) is 19.1 Å². The Morgan fingerprint density at radius 1 is 1.42 bits per heavy atom. The fourth-order valence-electron chi connectivity index (χ4n) is 1.59. The molecular formula is C10H14F3N3O3. The zero-order valence-corrected chi connectivity index (χ0v) is 10.1. The molecule has 1 aliphatic rings. The number of nitrogens with zero attached hydrogens (tertiary/aromatic N) is 2. The summed E-state index contributed by atoms with van der Waals surface area (Å²) in [6.45, 7) is 0.384. The highest BCUT2D eigenvalue weighted by molar-refractivity contribution is 4.94. The molecule has 1 fully saturated rings.